The molecular weight excluding hydrogens is 415 g/mol. The van der Waals surface area contributed by atoms with Crippen LogP contribution < -0.4 is 10.2 Å². The molecule has 0 aliphatic rings. The molecule has 8 heteroatoms. The van der Waals surface area contributed by atoms with Crippen molar-refractivity contribution < 1.29 is 9.84 Å². The van der Waals surface area contributed by atoms with Gasteiger partial charge in [-0.2, -0.15) is 5.10 Å². The Morgan fingerprint density at radius 2 is 2.23 bits per heavy atom. The minimum absolute atomic E-state index is 0.0729. The molecule has 22 heavy (non-hydrogen) atoms. The van der Waals surface area contributed by atoms with Gasteiger partial charge in [0, 0.05) is 0 Å². The van der Waals surface area contributed by atoms with Crippen molar-refractivity contribution in [3.05, 3.63) is 39.0 Å². The molecule has 0 radical (unpaired) electrons. The van der Waals surface area contributed by atoms with Gasteiger partial charge in [-0.1, -0.05) is 0 Å². The highest BCUT2D eigenvalue weighted by molar-refractivity contribution is 14.1. The molecule has 3 rings (SSSR count). The van der Waals surface area contributed by atoms with Crippen LogP contribution in [0.3, 0.4) is 0 Å². The molecule has 0 bridgehead atoms. The van der Waals surface area contributed by atoms with Gasteiger partial charge in [-0.3, -0.25) is 5.43 Å². The Morgan fingerprint density at radius 3 is 3.00 bits per heavy atom. The summed E-state index contributed by atoms with van der Waals surface area (Å²) in [6.45, 7) is 0. The number of anilines is 1. The van der Waals surface area contributed by atoms with Gasteiger partial charge in [-0.25, -0.2) is 9.97 Å². The summed E-state index contributed by atoms with van der Waals surface area (Å²) in [5.41, 5.74) is 4.55. The second kappa shape index (κ2) is 6.44. The SMILES string of the molecule is COc1ccc(C=NNc2ncnc3cc(I)sc23)cc1O. The first-order valence-electron chi connectivity index (χ1n) is 6.23. The zero-order valence-electron chi connectivity index (χ0n) is 11.4. The average molecular weight is 426 g/mol. The lowest BCUT2D eigenvalue weighted by atomic mass is 10.2. The highest BCUT2D eigenvalue weighted by atomic mass is 127. The number of methoxy groups -OCH3 is 1. The highest BCUT2D eigenvalue weighted by Gasteiger charge is 2.06. The van der Waals surface area contributed by atoms with Crippen molar-refractivity contribution in [2.24, 2.45) is 5.10 Å². The maximum absolute atomic E-state index is 9.72. The van der Waals surface area contributed by atoms with Gasteiger partial charge in [-0.05, 0) is 52.4 Å². The monoisotopic (exact) mass is 426 g/mol. The predicted octanol–water partition coefficient (Wildman–Crippen LogP) is 3.46. The van der Waals surface area contributed by atoms with Crippen LogP contribution >= 0.6 is 33.9 Å². The van der Waals surface area contributed by atoms with Gasteiger partial charge in [0.25, 0.3) is 0 Å². The third-order valence-electron chi connectivity index (χ3n) is 2.87. The van der Waals surface area contributed by atoms with Crippen molar-refractivity contribution in [1.82, 2.24) is 9.97 Å². The van der Waals surface area contributed by atoms with Gasteiger partial charge in [0.2, 0.25) is 0 Å². The lowest BCUT2D eigenvalue weighted by Gasteiger charge is -2.03. The van der Waals surface area contributed by atoms with E-state index in [0.717, 1.165) is 18.7 Å². The molecular formula is C14H11IN4O2S. The Labute approximate surface area is 144 Å². The lowest BCUT2D eigenvalue weighted by molar-refractivity contribution is 0.373. The van der Waals surface area contributed by atoms with Crippen LogP contribution in [-0.2, 0) is 0 Å². The number of hydrogen-bond acceptors (Lipinski definition) is 7. The van der Waals surface area contributed by atoms with Crippen LogP contribution in [0.15, 0.2) is 35.7 Å². The van der Waals surface area contributed by atoms with Crippen molar-refractivity contribution in [1.29, 1.82) is 0 Å². The minimum Gasteiger partial charge on any atom is -0.504 e. The smallest absolute Gasteiger partial charge is 0.167 e. The molecule has 1 aromatic carbocycles. The summed E-state index contributed by atoms with van der Waals surface area (Å²) in [6.07, 6.45) is 3.11. The highest BCUT2D eigenvalue weighted by Crippen LogP contribution is 2.30. The molecule has 0 saturated carbocycles. The zero-order chi connectivity index (χ0) is 15.5. The lowest BCUT2D eigenvalue weighted by Crippen LogP contribution is -1.94. The molecule has 112 valence electrons. The summed E-state index contributed by atoms with van der Waals surface area (Å²) in [7, 11) is 1.51. The summed E-state index contributed by atoms with van der Waals surface area (Å²) in [6, 6.07) is 7.06. The second-order valence-corrected chi connectivity index (χ2v) is 7.23. The molecule has 0 fully saturated rings. The van der Waals surface area contributed by atoms with E-state index in [9.17, 15) is 5.11 Å². The maximum Gasteiger partial charge on any atom is 0.167 e. The number of rotatable bonds is 4. The van der Waals surface area contributed by atoms with Gasteiger partial charge >= 0.3 is 0 Å². The van der Waals surface area contributed by atoms with Crippen LogP contribution in [0.25, 0.3) is 10.2 Å². The molecule has 0 spiro atoms. The number of ether oxygens (including phenoxy) is 1. The number of aromatic hydroxyl groups is 1. The fraction of sp³-hybridized carbons (Fsp3) is 0.0714. The van der Waals surface area contributed by atoms with Gasteiger partial charge < -0.3 is 9.84 Å². The van der Waals surface area contributed by atoms with Gasteiger partial charge in [-0.15, -0.1) is 11.3 Å². The van der Waals surface area contributed by atoms with E-state index >= 15 is 0 Å². The predicted molar refractivity (Wildman–Crippen MR) is 96.0 cm³/mol. The van der Waals surface area contributed by atoms with E-state index in [2.05, 4.69) is 43.1 Å². The van der Waals surface area contributed by atoms with E-state index in [-0.39, 0.29) is 5.75 Å². The Bertz CT molecular complexity index is 850. The second-order valence-electron chi connectivity index (χ2n) is 4.29. The molecule has 2 N–H and O–H groups in total. The van der Waals surface area contributed by atoms with E-state index in [0.29, 0.717) is 11.6 Å². The number of halogens is 1. The van der Waals surface area contributed by atoms with Crippen molar-refractivity contribution in [2.45, 2.75) is 0 Å². The molecule has 0 unspecified atom stereocenters. The van der Waals surface area contributed by atoms with E-state index in [4.69, 9.17) is 4.74 Å². The number of nitrogens with one attached hydrogen (secondary N) is 1. The summed E-state index contributed by atoms with van der Waals surface area (Å²) >= 11 is 3.85. The average Bonchev–Trinajstić information content (AvgIpc) is 2.88. The zero-order valence-corrected chi connectivity index (χ0v) is 14.4. The van der Waals surface area contributed by atoms with E-state index in [1.165, 1.54) is 13.4 Å². The number of fused-ring (bicyclic) bond motifs is 1. The number of nitrogens with zero attached hydrogens (tertiary/aromatic N) is 3. The number of benzene rings is 1. The molecule has 0 aliphatic carbocycles. The molecule has 2 aromatic heterocycles. The number of phenolic OH excluding ortho intramolecular Hbond substituents is 1. The number of aromatic nitrogens is 2. The number of phenols is 1. The van der Waals surface area contributed by atoms with Gasteiger partial charge in [0.15, 0.2) is 17.3 Å². The first kappa shape index (κ1) is 15.0. The third kappa shape index (κ3) is 3.12. The normalized spacial score (nSPS) is 11.2. The molecule has 0 aliphatic heterocycles. The molecule has 0 amide bonds. The summed E-state index contributed by atoms with van der Waals surface area (Å²) < 4.78 is 7.10. The van der Waals surface area contributed by atoms with Crippen LogP contribution in [0, 0.1) is 2.88 Å². The van der Waals surface area contributed by atoms with Crippen molar-refractivity contribution in [2.75, 3.05) is 12.5 Å². The fourth-order valence-corrected chi connectivity index (χ4v) is 3.59. The van der Waals surface area contributed by atoms with Crippen LogP contribution in [-0.4, -0.2) is 28.4 Å². The Morgan fingerprint density at radius 1 is 1.36 bits per heavy atom. The van der Waals surface area contributed by atoms with Crippen LogP contribution in [0.4, 0.5) is 5.82 Å². The third-order valence-corrected chi connectivity index (χ3v) is 4.76. The maximum atomic E-state index is 9.72. The summed E-state index contributed by atoms with van der Waals surface area (Å²) in [5.74, 6) is 1.16. The minimum atomic E-state index is 0.0729. The Balaban J connectivity index is 1.80. The summed E-state index contributed by atoms with van der Waals surface area (Å²) in [5, 5.41) is 13.9. The molecule has 3 aromatic rings. The molecule has 0 atom stereocenters. The largest absolute Gasteiger partial charge is 0.504 e. The number of hydrogen-bond donors (Lipinski definition) is 2. The Kier molecular flexibility index (Phi) is 4.39. The number of thiophene rings is 1. The topological polar surface area (TPSA) is 79.6 Å². The number of hydrazone groups is 1. The first-order chi connectivity index (χ1) is 10.7. The first-order valence-corrected chi connectivity index (χ1v) is 8.13. The Hall–Kier alpha value is -1.94. The van der Waals surface area contributed by atoms with Crippen LogP contribution in [0.5, 0.6) is 11.5 Å². The molecule has 0 saturated heterocycles. The fourth-order valence-electron chi connectivity index (χ4n) is 1.86. The summed E-state index contributed by atoms with van der Waals surface area (Å²) in [4.78, 5) is 8.41. The van der Waals surface area contributed by atoms with E-state index in [1.807, 2.05) is 6.07 Å². The van der Waals surface area contributed by atoms with Crippen molar-refractivity contribution in [3.8, 4) is 11.5 Å². The van der Waals surface area contributed by atoms with Crippen LogP contribution in [0.2, 0.25) is 0 Å². The van der Waals surface area contributed by atoms with E-state index < -0.39 is 0 Å². The quantitative estimate of drug-likeness (QED) is 0.380. The van der Waals surface area contributed by atoms with Crippen molar-refractivity contribution in [3.63, 3.8) is 0 Å². The van der Waals surface area contributed by atoms with Gasteiger partial charge in [0.1, 0.15) is 6.33 Å². The standard InChI is InChI=1S/C14H11IN4O2S/c1-21-11-3-2-8(4-10(11)20)6-18-19-14-13-9(16-7-17-14)5-12(15)22-13/h2-7,20H,1H3,(H,16,17,19). The van der Waals surface area contributed by atoms with E-state index in [1.54, 1.807) is 35.8 Å². The molecule has 6 nitrogen and oxygen atoms in total. The van der Waals surface area contributed by atoms with Crippen LogP contribution in [0.1, 0.15) is 5.56 Å². The van der Waals surface area contributed by atoms with Crippen molar-refractivity contribution >= 4 is 56.2 Å². The molecule has 2 heterocycles. The van der Waals surface area contributed by atoms with Gasteiger partial charge in [0.05, 0.1) is 26.4 Å².